The summed E-state index contributed by atoms with van der Waals surface area (Å²) < 4.78 is 28.1. The van der Waals surface area contributed by atoms with Gasteiger partial charge in [-0.3, -0.25) is 19.1 Å². The maximum atomic E-state index is 12.4. The van der Waals surface area contributed by atoms with Crippen molar-refractivity contribution in [2.75, 3.05) is 0 Å². The number of rotatable bonds is 6. The highest BCUT2D eigenvalue weighted by molar-refractivity contribution is 7.89. The number of fused-ring (bicyclic) bond motifs is 1. The Morgan fingerprint density at radius 1 is 1.40 bits per heavy atom. The van der Waals surface area contributed by atoms with Gasteiger partial charge < -0.3 is 5.11 Å². The van der Waals surface area contributed by atoms with Gasteiger partial charge in [-0.05, 0) is 18.4 Å². The summed E-state index contributed by atoms with van der Waals surface area (Å²) in [5, 5.41) is 9.08. The lowest BCUT2D eigenvalue weighted by molar-refractivity contribution is -0.139. The molecule has 0 aliphatic carbocycles. The zero-order valence-corrected chi connectivity index (χ0v) is 14.6. The molecule has 0 fully saturated rings. The van der Waals surface area contributed by atoms with E-state index in [0.717, 1.165) is 16.8 Å². The number of nitrogens with one attached hydrogen (secondary N) is 2. The maximum absolute atomic E-state index is 12.4. The summed E-state index contributed by atoms with van der Waals surface area (Å²) in [5.74, 6) is -1.35. The molecule has 25 heavy (non-hydrogen) atoms. The SMILES string of the molecule is CC(C)C[C@@H](NS(=O)(=O)c1cnc2c(c1)c(=O)[nH]c(=O)n2C)C(=O)O. The largest absolute Gasteiger partial charge is 0.480 e. The lowest BCUT2D eigenvalue weighted by Gasteiger charge is -2.16. The Morgan fingerprint density at radius 2 is 2.04 bits per heavy atom. The van der Waals surface area contributed by atoms with Crippen molar-refractivity contribution in [3.05, 3.63) is 33.1 Å². The van der Waals surface area contributed by atoms with Gasteiger partial charge in [0.15, 0.2) is 0 Å². The van der Waals surface area contributed by atoms with Gasteiger partial charge in [-0.25, -0.2) is 18.2 Å². The van der Waals surface area contributed by atoms with Crippen LogP contribution in [-0.2, 0) is 21.9 Å². The molecule has 0 aromatic carbocycles. The summed E-state index contributed by atoms with van der Waals surface area (Å²) in [7, 11) is -2.84. The van der Waals surface area contributed by atoms with Crippen LogP contribution in [0.5, 0.6) is 0 Å². The number of carboxylic acid groups (broad SMARTS) is 1. The highest BCUT2D eigenvalue weighted by Crippen LogP contribution is 2.14. The van der Waals surface area contributed by atoms with E-state index in [1.165, 1.54) is 7.05 Å². The number of aliphatic carboxylic acids is 1. The molecule has 0 saturated carbocycles. The zero-order chi connectivity index (χ0) is 18.9. The molecule has 0 unspecified atom stereocenters. The summed E-state index contributed by atoms with van der Waals surface area (Å²) in [6, 6.07) is -0.254. The van der Waals surface area contributed by atoms with Crippen LogP contribution >= 0.6 is 0 Å². The number of sulfonamides is 1. The Labute approximate surface area is 142 Å². The second-order valence-electron chi connectivity index (χ2n) is 6.00. The van der Waals surface area contributed by atoms with E-state index in [-0.39, 0.29) is 28.3 Å². The number of H-pyrrole nitrogens is 1. The van der Waals surface area contributed by atoms with Crippen LogP contribution in [0.3, 0.4) is 0 Å². The van der Waals surface area contributed by atoms with Gasteiger partial charge in [-0.15, -0.1) is 0 Å². The van der Waals surface area contributed by atoms with Crippen molar-refractivity contribution in [2.24, 2.45) is 13.0 Å². The summed E-state index contributed by atoms with van der Waals surface area (Å²) in [6.07, 6.45) is 1.07. The molecule has 136 valence electrons. The number of carbonyl (C=O) groups is 1. The number of carboxylic acids is 1. The summed E-state index contributed by atoms with van der Waals surface area (Å²) in [6.45, 7) is 3.53. The topological polar surface area (TPSA) is 151 Å². The Morgan fingerprint density at radius 3 is 2.60 bits per heavy atom. The summed E-state index contributed by atoms with van der Waals surface area (Å²) >= 11 is 0. The third-order valence-corrected chi connectivity index (χ3v) is 4.98. The lowest BCUT2D eigenvalue weighted by atomic mass is 10.1. The van der Waals surface area contributed by atoms with Gasteiger partial charge in [0.2, 0.25) is 10.0 Å². The lowest BCUT2D eigenvalue weighted by Crippen LogP contribution is -2.41. The number of nitrogens with zero attached hydrogens (tertiary/aromatic N) is 2. The van der Waals surface area contributed by atoms with E-state index in [0.29, 0.717) is 0 Å². The highest BCUT2D eigenvalue weighted by Gasteiger charge is 2.27. The third kappa shape index (κ3) is 3.94. The first-order valence-electron chi connectivity index (χ1n) is 7.37. The van der Waals surface area contributed by atoms with Crippen LogP contribution in [0.2, 0.25) is 0 Å². The molecule has 2 aromatic heterocycles. The molecule has 1 atom stereocenters. The standard InChI is InChI=1S/C14H18N4O6S/c1-7(2)4-10(13(20)21)17-25(23,24)8-5-9-11(15-6-8)18(3)14(22)16-12(9)19/h5-7,10,17H,4H2,1-3H3,(H,20,21)(H,16,19,22)/t10-/m1/s1. The predicted octanol–water partition coefficient (Wildman–Crippen LogP) is -0.601. The fourth-order valence-corrected chi connectivity index (χ4v) is 3.46. The molecule has 0 aliphatic rings. The van der Waals surface area contributed by atoms with E-state index in [1.54, 1.807) is 13.8 Å². The molecule has 0 bridgehead atoms. The van der Waals surface area contributed by atoms with Crippen molar-refractivity contribution >= 4 is 27.0 Å². The van der Waals surface area contributed by atoms with E-state index in [4.69, 9.17) is 0 Å². The van der Waals surface area contributed by atoms with Crippen LogP contribution in [0.25, 0.3) is 11.0 Å². The van der Waals surface area contributed by atoms with Gasteiger partial charge in [-0.1, -0.05) is 13.8 Å². The number of pyridine rings is 1. The van der Waals surface area contributed by atoms with Crippen LogP contribution < -0.4 is 16.0 Å². The number of aryl methyl sites for hydroxylation is 1. The second kappa shape index (κ2) is 6.76. The molecular weight excluding hydrogens is 352 g/mol. The third-order valence-electron chi connectivity index (χ3n) is 3.54. The number of aromatic amines is 1. The van der Waals surface area contributed by atoms with Gasteiger partial charge in [-0.2, -0.15) is 4.72 Å². The Kier molecular flexibility index (Phi) is 5.09. The average Bonchev–Trinajstić information content (AvgIpc) is 2.51. The van der Waals surface area contributed by atoms with Crippen LogP contribution in [0.1, 0.15) is 20.3 Å². The van der Waals surface area contributed by atoms with E-state index < -0.39 is 33.3 Å². The quantitative estimate of drug-likeness (QED) is 0.614. The normalized spacial score (nSPS) is 13.3. The van der Waals surface area contributed by atoms with Crippen molar-refractivity contribution in [1.29, 1.82) is 0 Å². The molecule has 0 radical (unpaired) electrons. The Balaban J connectivity index is 2.51. The van der Waals surface area contributed by atoms with Crippen molar-refractivity contribution in [3.8, 4) is 0 Å². The minimum Gasteiger partial charge on any atom is -0.480 e. The molecule has 0 spiro atoms. The zero-order valence-electron chi connectivity index (χ0n) is 13.8. The monoisotopic (exact) mass is 370 g/mol. The molecule has 11 heteroatoms. The van der Waals surface area contributed by atoms with E-state index in [1.807, 2.05) is 4.98 Å². The molecule has 3 N–H and O–H groups in total. The van der Waals surface area contributed by atoms with E-state index in [9.17, 15) is 27.9 Å². The molecule has 0 saturated heterocycles. The first kappa shape index (κ1) is 18.8. The average molecular weight is 370 g/mol. The smallest absolute Gasteiger partial charge is 0.329 e. The van der Waals surface area contributed by atoms with E-state index in [2.05, 4.69) is 9.71 Å². The van der Waals surface area contributed by atoms with Crippen LogP contribution in [0, 0.1) is 5.92 Å². The fraction of sp³-hybridized carbons (Fsp3) is 0.429. The predicted molar refractivity (Wildman–Crippen MR) is 88.8 cm³/mol. The first-order chi connectivity index (χ1) is 11.5. The van der Waals surface area contributed by atoms with Gasteiger partial charge in [0.1, 0.15) is 16.6 Å². The second-order valence-corrected chi connectivity index (χ2v) is 7.72. The molecule has 2 rings (SSSR count). The highest BCUT2D eigenvalue weighted by atomic mass is 32.2. The molecule has 2 aromatic rings. The molecular formula is C14H18N4O6S. The first-order valence-corrected chi connectivity index (χ1v) is 8.85. The minimum atomic E-state index is -4.21. The molecule has 10 nitrogen and oxygen atoms in total. The number of hydrogen-bond donors (Lipinski definition) is 3. The summed E-state index contributed by atoms with van der Waals surface area (Å²) in [5.41, 5.74) is -1.44. The van der Waals surface area contributed by atoms with Crippen molar-refractivity contribution < 1.29 is 18.3 Å². The fourth-order valence-electron chi connectivity index (χ4n) is 2.29. The van der Waals surface area contributed by atoms with Crippen LogP contribution in [0.15, 0.2) is 26.7 Å². The van der Waals surface area contributed by atoms with Gasteiger partial charge >= 0.3 is 11.7 Å². The maximum Gasteiger partial charge on any atom is 0.329 e. The van der Waals surface area contributed by atoms with Gasteiger partial charge in [0.25, 0.3) is 5.56 Å². The Bertz CT molecular complexity index is 1040. The molecule has 2 heterocycles. The van der Waals surface area contributed by atoms with Crippen LogP contribution in [-0.4, -0.2) is 40.1 Å². The molecule has 0 amide bonds. The summed E-state index contributed by atoms with van der Waals surface area (Å²) in [4.78, 5) is 40.2. The van der Waals surface area contributed by atoms with Crippen LogP contribution in [0.4, 0.5) is 0 Å². The number of aromatic nitrogens is 3. The Hall–Kier alpha value is -2.53. The molecule has 0 aliphatic heterocycles. The number of hydrogen-bond acceptors (Lipinski definition) is 6. The van der Waals surface area contributed by atoms with Crippen molar-refractivity contribution in [1.82, 2.24) is 19.3 Å². The van der Waals surface area contributed by atoms with Crippen molar-refractivity contribution in [2.45, 2.75) is 31.2 Å². The van der Waals surface area contributed by atoms with Crippen molar-refractivity contribution in [3.63, 3.8) is 0 Å². The van der Waals surface area contributed by atoms with E-state index >= 15 is 0 Å². The minimum absolute atomic E-state index is 0.0182. The van der Waals surface area contributed by atoms with Gasteiger partial charge in [0.05, 0.1) is 5.39 Å². The van der Waals surface area contributed by atoms with Gasteiger partial charge in [0, 0.05) is 13.2 Å².